The average Bonchev–Trinajstić information content (AvgIpc) is 3.35. The third-order valence-corrected chi connectivity index (χ3v) is 5.65. The smallest absolute Gasteiger partial charge is 0.266 e. The van der Waals surface area contributed by atoms with Crippen molar-refractivity contribution >= 4 is 40.7 Å². The summed E-state index contributed by atoms with van der Waals surface area (Å²) in [6.07, 6.45) is 1.32. The molecule has 4 amide bonds. The fraction of sp³-hybridized carbons (Fsp3) is 0.120. The van der Waals surface area contributed by atoms with Gasteiger partial charge in [0.1, 0.15) is 0 Å². The zero-order chi connectivity index (χ0) is 22.2. The van der Waals surface area contributed by atoms with E-state index in [1.54, 1.807) is 71.6 Å². The van der Waals surface area contributed by atoms with Crippen LogP contribution in [0.5, 0.6) is 0 Å². The first-order chi connectivity index (χ1) is 15.5. The molecular weight excluding hydrogens is 406 g/mol. The average molecular weight is 425 g/mol. The Hall–Kier alpha value is -4.26. The fourth-order valence-electron chi connectivity index (χ4n) is 4.09. The monoisotopic (exact) mass is 425 g/mol. The van der Waals surface area contributed by atoms with Crippen LogP contribution in [0.1, 0.15) is 43.9 Å². The van der Waals surface area contributed by atoms with Gasteiger partial charge in [0.15, 0.2) is 0 Å². The summed E-state index contributed by atoms with van der Waals surface area (Å²) in [6.45, 7) is 0.645. The molecule has 0 spiro atoms. The van der Waals surface area contributed by atoms with Gasteiger partial charge in [0.2, 0.25) is 5.91 Å². The Morgan fingerprint density at radius 3 is 2.16 bits per heavy atom. The first-order valence-electron chi connectivity index (χ1n) is 10.3. The lowest BCUT2D eigenvalue weighted by Gasteiger charge is -2.17. The number of carbonyl (C=O) groups is 4. The first-order valence-corrected chi connectivity index (χ1v) is 10.3. The van der Waals surface area contributed by atoms with Crippen molar-refractivity contribution < 1.29 is 19.2 Å². The molecule has 7 nitrogen and oxygen atoms in total. The van der Waals surface area contributed by atoms with Crippen LogP contribution >= 0.6 is 0 Å². The number of anilines is 3. The van der Waals surface area contributed by atoms with Crippen molar-refractivity contribution in [1.29, 1.82) is 0 Å². The Balaban J connectivity index is 1.37. The minimum Gasteiger partial charge on any atom is -0.322 e. The summed E-state index contributed by atoms with van der Waals surface area (Å²) in [7, 11) is 0. The fourth-order valence-corrected chi connectivity index (χ4v) is 4.09. The molecule has 0 radical (unpaired) electrons. The van der Waals surface area contributed by atoms with Gasteiger partial charge in [0.05, 0.1) is 16.8 Å². The largest absolute Gasteiger partial charge is 0.322 e. The van der Waals surface area contributed by atoms with Gasteiger partial charge in [-0.3, -0.25) is 19.2 Å². The summed E-state index contributed by atoms with van der Waals surface area (Å²) in [5, 5.41) is 2.81. The number of nitrogens with one attached hydrogen (secondary N) is 1. The summed E-state index contributed by atoms with van der Waals surface area (Å²) in [5.41, 5.74) is 2.66. The summed E-state index contributed by atoms with van der Waals surface area (Å²) in [6, 6.07) is 20.2. The van der Waals surface area contributed by atoms with E-state index < -0.39 is 11.8 Å². The van der Waals surface area contributed by atoms with Gasteiger partial charge in [-0.1, -0.05) is 24.3 Å². The van der Waals surface area contributed by atoms with E-state index in [0.29, 0.717) is 46.7 Å². The summed E-state index contributed by atoms with van der Waals surface area (Å²) in [4.78, 5) is 53.1. The predicted molar refractivity (Wildman–Crippen MR) is 120 cm³/mol. The maximum atomic E-state index is 12.8. The number of hydrogen-bond donors (Lipinski definition) is 1. The molecule has 158 valence electrons. The number of rotatable bonds is 4. The minimum atomic E-state index is -0.392. The summed E-state index contributed by atoms with van der Waals surface area (Å²) >= 11 is 0. The van der Waals surface area contributed by atoms with Gasteiger partial charge < -0.3 is 10.2 Å². The number of nitrogens with zero attached hydrogens (tertiary/aromatic N) is 2. The van der Waals surface area contributed by atoms with Crippen LogP contribution in [0.4, 0.5) is 17.1 Å². The number of imide groups is 1. The van der Waals surface area contributed by atoms with Gasteiger partial charge in [-0.05, 0) is 55.0 Å². The van der Waals surface area contributed by atoms with Gasteiger partial charge in [0.25, 0.3) is 17.7 Å². The molecule has 1 fully saturated rings. The zero-order valence-corrected chi connectivity index (χ0v) is 17.1. The highest BCUT2D eigenvalue weighted by atomic mass is 16.2. The van der Waals surface area contributed by atoms with E-state index in [4.69, 9.17) is 0 Å². The van der Waals surface area contributed by atoms with E-state index in [1.165, 1.54) is 0 Å². The molecule has 2 aliphatic heterocycles. The van der Waals surface area contributed by atoms with Crippen LogP contribution in [0.25, 0.3) is 0 Å². The number of amides is 4. The Morgan fingerprint density at radius 2 is 1.47 bits per heavy atom. The molecule has 7 heteroatoms. The quantitative estimate of drug-likeness (QED) is 0.643. The third kappa shape index (κ3) is 3.33. The van der Waals surface area contributed by atoms with Gasteiger partial charge >= 0.3 is 0 Å². The van der Waals surface area contributed by atoms with E-state index in [9.17, 15) is 19.2 Å². The number of benzene rings is 3. The van der Waals surface area contributed by atoms with Crippen molar-refractivity contribution in [2.24, 2.45) is 0 Å². The van der Waals surface area contributed by atoms with E-state index >= 15 is 0 Å². The van der Waals surface area contributed by atoms with E-state index in [-0.39, 0.29) is 11.8 Å². The van der Waals surface area contributed by atoms with Gasteiger partial charge in [-0.2, -0.15) is 0 Å². The van der Waals surface area contributed by atoms with Crippen LogP contribution in [0.15, 0.2) is 72.8 Å². The molecule has 5 rings (SSSR count). The molecule has 0 saturated carbocycles. The second kappa shape index (κ2) is 7.77. The first kappa shape index (κ1) is 19.7. The SMILES string of the molecule is O=C(Nc1cccc(N2C(=O)c3ccccc3C2=O)c1)c1cccc(N2CCCC2=O)c1. The summed E-state index contributed by atoms with van der Waals surface area (Å²) < 4.78 is 0. The standard InChI is InChI=1S/C25H19N3O4/c29-22-12-5-13-27(22)18-8-3-6-16(14-18)23(30)26-17-7-4-9-19(15-17)28-24(31)20-10-1-2-11-21(20)25(28)32/h1-4,6-11,14-15H,5,12-13H2,(H,26,30). The molecule has 0 aromatic heterocycles. The highest BCUT2D eigenvalue weighted by Gasteiger charge is 2.36. The van der Waals surface area contributed by atoms with Crippen LogP contribution in [-0.4, -0.2) is 30.2 Å². The van der Waals surface area contributed by atoms with Crippen molar-refractivity contribution in [3.63, 3.8) is 0 Å². The van der Waals surface area contributed by atoms with Gasteiger partial charge in [-0.25, -0.2) is 4.90 Å². The maximum Gasteiger partial charge on any atom is 0.266 e. The van der Waals surface area contributed by atoms with E-state index in [0.717, 1.165) is 11.3 Å². The molecule has 2 aliphatic rings. The number of carbonyl (C=O) groups excluding carboxylic acids is 4. The lowest BCUT2D eigenvalue weighted by molar-refractivity contribution is -0.117. The van der Waals surface area contributed by atoms with Crippen molar-refractivity contribution in [2.75, 3.05) is 21.7 Å². The van der Waals surface area contributed by atoms with Crippen LogP contribution in [0.3, 0.4) is 0 Å². The Morgan fingerprint density at radius 1 is 0.781 bits per heavy atom. The zero-order valence-electron chi connectivity index (χ0n) is 17.1. The molecule has 0 aliphatic carbocycles. The topological polar surface area (TPSA) is 86.8 Å². The minimum absolute atomic E-state index is 0.0520. The van der Waals surface area contributed by atoms with Crippen LogP contribution in [0, 0.1) is 0 Å². The Bertz CT molecular complexity index is 1250. The van der Waals surface area contributed by atoms with Crippen LogP contribution in [-0.2, 0) is 4.79 Å². The van der Waals surface area contributed by atoms with Crippen molar-refractivity contribution in [3.05, 3.63) is 89.5 Å². The Kier molecular flexibility index (Phi) is 4.78. The van der Waals surface area contributed by atoms with Crippen LogP contribution in [0.2, 0.25) is 0 Å². The predicted octanol–water partition coefficient (Wildman–Crippen LogP) is 3.87. The molecule has 32 heavy (non-hydrogen) atoms. The lowest BCUT2D eigenvalue weighted by atomic mass is 10.1. The van der Waals surface area contributed by atoms with Crippen LogP contribution < -0.4 is 15.1 Å². The van der Waals surface area contributed by atoms with Gasteiger partial charge in [-0.15, -0.1) is 0 Å². The Labute approximate surface area is 184 Å². The molecule has 1 saturated heterocycles. The molecular formula is C25H19N3O4. The highest BCUT2D eigenvalue weighted by molar-refractivity contribution is 6.34. The van der Waals surface area contributed by atoms with E-state index in [2.05, 4.69) is 5.32 Å². The number of fused-ring (bicyclic) bond motifs is 1. The molecule has 1 N–H and O–H groups in total. The normalized spacial score (nSPS) is 15.3. The third-order valence-electron chi connectivity index (χ3n) is 5.65. The van der Waals surface area contributed by atoms with Crippen molar-refractivity contribution in [3.8, 4) is 0 Å². The highest BCUT2D eigenvalue weighted by Crippen LogP contribution is 2.30. The molecule has 0 bridgehead atoms. The second-order valence-corrected chi connectivity index (χ2v) is 7.70. The molecule has 0 atom stereocenters. The molecule has 2 heterocycles. The molecule has 3 aromatic rings. The molecule has 0 unspecified atom stereocenters. The lowest BCUT2D eigenvalue weighted by Crippen LogP contribution is -2.29. The maximum absolute atomic E-state index is 12.8. The van der Waals surface area contributed by atoms with E-state index in [1.807, 2.05) is 6.07 Å². The van der Waals surface area contributed by atoms with Crippen molar-refractivity contribution in [2.45, 2.75) is 12.8 Å². The number of hydrogen-bond acceptors (Lipinski definition) is 4. The van der Waals surface area contributed by atoms with Crippen molar-refractivity contribution in [1.82, 2.24) is 0 Å². The second-order valence-electron chi connectivity index (χ2n) is 7.70. The summed E-state index contributed by atoms with van der Waals surface area (Å²) in [5.74, 6) is -1.08. The molecule has 3 aromatic carbocycles. The van der Waals surface area contributed by atoms with Gasteiger partial charge in [0, 0.05) is 29.9 Å².